The molecule has 2 aromatic carbocycles. The lowest BCUT2D eigenvalue weighted by Crippen LogP contribution is -2.32. The number of aliphatic hydroxyl groups is 1. The number of Topliss-reactive ketones (excluding diaryl/α,β-unsaturated/α-hetero) is 1. The summed E-state index contributed by atoms with van der Waals surface area (Å²) >= 11 is 6.33. The average molecular weight is 444 g/mol. The maximum Gasteiger partial charge on any atom is 0.295 e. The summed E-state index contributed by atoms with van der Waals surface area (Å²) in [4.78, 5) is 27.3. The van der Waals surface area contributed by atoms with Crippen molar-refractivity contribution in [2.75, 3.05) is 26.9 Å². The Bertz CT molecular complexity index is 1000. The van der Waals surface area contributed by atoms with Crippen LogP contribution in [0.5, 0.6) is 5.75 Å². The van der Waals surface area contributed by atoms with Gasteiger partial charge in [-0.25, -0.2) is 0 Å². The summed E-state index contributed by atoms with van der Waals surface area (Å²) in [7, 11) is 1.53. The number of amides is 1. The Kier molecular flexibility index (Phi) is 7.36. The van der Waals surface area contributed by atoms with Crippen LogP contribution in [0.4, 0.5) is 0 Å². The molecule has 0 radical (unpaired) electrons. The van der Waals surface area contributed by atoms with E-state index in [2.05, 4.69) is 0 Å². The highest BCUT2D eigenvalue weighted by atomic mass is 35.5. The average Bonchev–Trinajstić information content (AvgIpc) is 3.03. The molecule has 1 saturated heterocycles. The van der Waals surface area contributed by atoms with E-state index in [0.717, 1.165) is 17.5 Å². The van der Waals surface area contributed by atoms with Crippen molar-refractivity contribution in [1.29, 1.82) is 0 Å². The van der Waals surface area contributed by atoms with E-state index < -0.39 is 17.7 Å². The quantitative estimate of drug-likeness (QED) is 0.372. The van der Waals surface area contributed by atoms with Crippen molar-refractivity contribution < 1.29 is 24.2 Å². The molecule has 0 saturated carbocycles. The summed E-state index contributed by atoms with van der Waals surface area (Å²) in [5.41, 5.74) is 2.10. The van der Waals surface area contributed by atoms with E-state index in [1.54, 1.807) is 18.2 Å². The molecular weight excluding hydrogens is 418 g/mol. The molecule has 1 unspecified atom stereocenters. The van der Waals surface area contributed by atoms with Crippen LogP contribution in [0.1, 0.15) is 36.6 Å². The van der Waals surface area contributed by atoms with Crippen LogP contribution in [0.2, 0.25) is 5.02 Å². The van der Waals surface area contributed by atoms with Crippen molar-refractivity contribution >= 4 is 29.1 Å². The second-order valence-electron chi connectivity index (χ2n) is 7.16. The minimum Gasteiger partial charge on any atom is -0.507 e. The molecule has 1 fully saturated rings. The van der Waals surface area contributed by atoms with Crippen molar-refractivity contribution in [3.05, 3.63) is 69.8 Å². The number of methoxy groups -OCH3 is 1. The van der Waals surface area contributed by atoms with Crippen molar-refractivity contribution in [3.63, 3.8) is 0 Å². The first-order valence-corrected chi connectivity index (χ1v) is 10.6. The van der Waals surface area contributed by atoms with E-state index in [0.29, 0.717) is 12.4 Å². The number of carbonyl (C=O) groups is 2. The molecule has 0 aromatic heterocycles. The zero-order valence-corrected chi connectivity index (χ0v) is 18.6. The summed E-state index contributed by atoms with van der Waals surface area (Å²) in [6.07, 6.45) is 0.865. The van der Waals surface area contributed by atoms with E-state index >= 15 is 0 Å². The van der Waals surface area contributed by atoms with Crippen LogP contribution in [-0.4, -0.2) is 48.6 Å². The molecule has 1 aliphatic rings. The van der Waals surface area contributed by atoms with Crippen molar-refractivity contribution in [2.45, 2.75) is 26.3 Å². The molecule has 1 aliphatic heterocycles. The lowest BCUT2D eigenvalue weighted by atomic mass is 9.94. The molecule has 1 amide bonds. The normalized spacial score (nSPS) is 17.9. The van der Waals surface area contributed by atoms with Gasteiger partial charge in [-0.2, -0.15) is 0 Å². The molecular formula is C24H26ClNO5. The Morgan fingerprint density at radius 2 is 1.84 bits per heavy atom. The van der Waals surface area contributed by atoms with Gasteiger partial charge in [-0.3, -0.25) is 9.59 Å². The van der Waals surface area contributed by atoms with Gasteiger partial charge in [0.15, 0.2) is 0 Å². The van der Waals surface area contributed by atoms with Crippen LogP contribution in [0, 0.1) is 0 Å². The Balaban J connectivity index is 2.17. The van der Waals surface area contributed by atoms with Gasteiger partial charge >= 0.3 is 0 Å². The number of nitrogens with zero attached hydrogens (tertiary/aromatic N) is 1. The van der Waals surface area contributed by atoms with E-state index in [1.165, 1.54) is 12.0 Å². The predicted molar refractivity (Wildman–Crippen MR) is 119 cm³/mol. The first-order chi connectivity index (χ1) is 14.9. The van der Waals surface area contributed by atoms with Gasteiger partial charge in [0.1, 0.15) is 11.5 Å². The van der Waals surface area contributed by atoms with Crippen LogP contribution < -0.4 is 4.74 Å². The summed E-state index contributed by atoms with van der Waals surface area (Å²) in [6.45, 7) is 4.80. The molecule has 0 aliphatic carbocycles. The number of aryl methyl sites for hydroxylation is 1. The number of ether oxygens (including phenoxy) is 2. The van der Waals surface area contributed by atoms with Gasteiger partial charge in [0.2, 0.25) is 0 Å². The summed E-state index contributed by atoms with van der Waals surface area (Å²) in [5, 5.41) is 11.4. The molecule has 7 heteroatoms. The van der Waals surface area contributed by atoms with Crippen LogP contribution in [0.3, 0.4) is 0 Å². The largest absolute Gasteiger partial charge is 0.507 e. The van der Waals surface area contributed by atoms with Gasteiger partial charge in [0.25, 0.3) is 11.7 Å². The first-order valence-electron chi connectivity index (χ1n) is 10.2. The zero-order chi connectivity index (χ0) is 22.5. The van der Waals surface area contributed by atoms with Gasteiger partial charge < -0.3 is 19.5 Å². The van der Waals surface area contributed by atoms with Crippen molar-refractivity contribution in [2.24, 2.45) is 0 Å². The predicted octanol–water partition coefficient (Wildman–Crippen LogP) is 4.37. The fourth-order valence-electron chi connectivity index (χ4n) is 3.67. The van der Waals surface area contributed by atoms with Gasteiger partial charge in [-0.1, -0.05) is 42.8 Å². The number of hydrogen-bond acceptors (Lipinski definition) is 5. The molecule has 164 valence electrons. The third-order valence-corrected chi connectivity index (χ3v) is 5.61. The monoisotopic (exact) mass is 443 g/mol. The zero-order valence-electron chi connectivity index (χ0n) is 17.9. The number of likely N-dealkylation sites (tertiary alicyclic amines) is 1. The SMILES string of the molecule is CCOc1ccc(Cl)c(/C(O)=C2\C(=O)C(=O)N(CCOC)C2c2ccc(CC)cc2)c1. The molecule has 3 rings (SSSR count). The maximum absolute atomic E-state index is 13.0. The van der Waals surface area contributed by atoms with Gasteiger partial charge in [0.05, 0.1) is 29.9 Å². The Labute approximate surface area is 187 Å². The number of aliphatic hydroxyl groups excluding tert-OH is 1. The maximum atomic E-state index is 13.0. The molecule has 2 aromatic rings. The van der Waals surface area contributed by atoms with Crippen LogP contribution in [0.15, 0.2) is 48.0 Å². The number of carbonyl (C=O) groups excluding carboxylic acids is 2. The molecule has 31 heavy (non-hydrogen) atoms. The van der Waals surface area contributed by atoms with Gasteiger partial charge in [-0.05, 0) is 42.7 Å². The first kappa shape index (κ1) is 22.8. The van der Waals surface area contributed by atoms with Gasteiger partial charge in [-0.15, -0.1) is 0 Å². The lowest BCUT2D eigenvalue weighted by Gasteiger charge is -2.25. The number of benzene rings is 2. The number of halogens is 1. The second kappa shape index (κ2) is 9.98. The number of rotatable bonds is 8. The Morgan fingerprint density at radius 3 is 2.45 bits per heavy atom. The minimum absolute atomic E-state index is 0.000833. The Morgan fingerprint density at radius 1 is 1.13 bits per heavy atom. The lowest BCUT2D eigenvalue weighted by molar-refractivity contribution is -0.140. The summed E-state index contributed by atoms with van der Waals surface area (Å²) in [5.74, 6) is -1.25. The van der Waals surface area contributed by atoms with Gasteiger partial charge in [0, 0.05) is 19.2 Å². The minimum atomic E-state index is -0.754. The second-order valence-corrected chi connectivity index (χ2v) is 7.56. The fourth-order valence-corrected chi connectivity index (χ4v) is 3.88. The standard InChI is InChI=1S/C24H26ClNO5/c1-4-15-6-8-16(9-7-15)21-20(23(28)24(29)26(21)12-13-30-3)22(27)18-14-17(31-5-2)10-11-19(18)25/h6-11,14,21,27H,4-5,12-13H2,1-3H3/b22-20+. The number of ketones is 1. The van der Waals surface area contributed by atoms with Crippen molar-refractivity contribution in [3.8, 4) is 5.75 Å². The number of hydrogen-bond donors (Lipinski definition) is 1. The smallest absolute Gasteiger partial charge is 0.295 e. The van der Waals surface area contributed by atoms with Crippen LogP contribution in [-0.2, 0) is 20.7 Å². The van der Waals surface area contributed by atoms with E-state index in [4.69, 9.17) is 21.1 Å². The molecule has 1 atom stereocenters. The molecule has 0 spiro atoms. The fraction of sp³-hybridized carbons (Fsp3) is 0.333. The molecule has 1 heterocycles. The molecule has 1 N–H and O–H groups in total. The van der Waals surface area contributed by atoms with Crippen LogP contribution >= 0.6 is 11.6 Å². The highest BCUT2D eigenvalue weighted by molar-refractivity contribution is 6.47. The summed E-state index contributed by atoms with van der Waals surface area (Å²) in [6, 6.07) is 11.8. The van der Waals surface area contributed by atoms with Crippen LogP contribution in [0.25, 0.3) is 5.76 Å². The summed E-state index contributed by atoms with van der Waals surface area (Å²) < 4.78 is 10.6. The van der Waals surface area contributed by atoms with Crippen molar-refractivity contribution in [1.82, 2.24) is 4.90 Å². The highest BCUT2D eigenvalue weighted by Crippen LogP contribution is 2.41. The topological polar surface area (TPSA) is 76.1 Å². The highest BCUT2D eigenvalue weighted by Gasteiger charge is 2.46. The molecule has 6 nitrogen and oxygen atoms in total. The van der Waals surface area contributed by atoms with E-state index in [-0.39, 0.29) is 35.1 Å². The van der Waals surface area contributed by atoms with E-state index in [9.17, 15) is 14.7 Å². The van der Waals surface area contributed by atoms with E-state index in [1.807, 2.05) is 38.1 Å². The molecule has 0 bridgehead atoms. The Hall–Kier alpha value is -2.83. The third-order valence-electron chi connectivity index (χ3n) is 5.28. The third kappa shape index (κ3) is 4.60.